The molecule has 1 N–H and O–H groups in total. The van der Waals surface area contributed by atoms with Crippen molar-refractivity contribution in [1.82, 2.24) is 30.1 Å². The molecule has 2 unspecified atom stereocenters. The zero-order chi connectivity index (χ0) is 27.5. The Morgan fingerprint density at radius 1 is 0.974 bits per heavy atom. The third kappa shape index (κ3) is 6.37. The van der Waals surface area contributed by atoms with Crippen LogP contribution in [0.4, 0.5) is 4.79 Å². The van der Waals surface area contributed by atoms with Crippen molar-refractivity contribution in [2.75, 3.05) is 6.54 Å². The Morgan fingerprint density at radius 3 is 2.49 bits per heavy atom. The van der Waals surface area contributed by atoms with Crippen LogP contribution in [-0.4, -0.2) is 55.2 Å². The maximum absolute atomic E-state index is 13.6. The van der Waals surface area contributed by atoms with Crippen molar-refractivity contribution in [1.29, 1.82) is 0 Å². The zero-order valence-corrected chi connectivity index (χ0v) is 23.3. The number of imide groups is 1. The number of nitrogens with one attached hydrogen (secondary N) is 1. The van der Waals surface area contributed by atoms with Crippen LogP contribution in [0.5, 0.6) is 0 Å². The molecule has 2 atom stereocenters. The van der Waals surface area contributed by atoms with Gasteiger partial charge in [-0.05, 0) is 48.2 Å². The Labute approximate surface area is 241 Å². The fourth-order valence-electron chi connectivity index (χ4n) is 5.19. The summed E-state index contributed by atoms with van der Waals surface area (Å²) in [6.45, 7) is 0.488. The molecule has 0 spiro atoms. The molecule has 1 saturated heterocycles. The summed E-state index contributed by atoms with van der Waals surface area (Å²) < 4.78 is 1.70. The van der Waals surface area contributed by atoms with Crippen molar-refractivity contribution in [3.05, 3.63) is 80.6 Å². The topological polar surface area (TPSA) is 100 Å². The van der Waals surface area contributed by atoms with Crippen molar-refractivity contribution in [2.45, 2.75) is 51.4 Å². The number of hydrogen-bond acceptors (Lipinski definition) is 5. The number of halogens is 3. The van der Waals surface area contributed by atoms with E-state index in [4.69, 9.17) is 34.8 Å². The highest BCUT2D eigenvalue weighted by Gasteiger charge is 2.47. The Balaban J connectivity index is 1.27. The highest BCUT2D eigenvalue weighted by molar-refractivity contribution is 6.35. The van der Waals surface area contributed by atoms with Crippen LogP contribution >= 0.6 is 34.8 Å². The summed E-state index contributed by atoms with van der Waals surface area (Å²) in [7, 11) is 0. The average Bonchev–Trinajstić information content (AvgIpc) is 3.36. The van der Waals surface area contributed by atoms with Gasteiger partial charge in [0, 0.05) is 27.7 Å². The largest absolute Gasteiger partial charge is 0.350 e. The molecule has 5 rings (SSSR count). The minimum Gasteiger partial charge on any atom is -0.350 e. The molecule has 0 bridgehead atoms. The molecule has 3 aromatic rings. The lowest BCUT2D eigenvalue weighted by Gasteiger charge is -2.46. The van der Waals surface area contributed by atoms with E-state index >= 15 is 0 Å². The van der Waals surface area contributed by atoms with Crippen molar-refractivity contribution in [2.24, 2.45) is 5.92 Å². The Kier molecular flexibility index (Phi) is 8.40. The van der Waals surface area contributed by atoms with Crippen molar-refractivity contribution in [3.63, 3.8) is 0 Å². The van der Waals surface area contributed by atoms with E-state index in [0.29, 0.717) is 39.3 Å². The van der Waals surface area contributed by atoms with E-state index in [1.54, 1.807) is 34.0 Å². The van der Waals surface area contributed by atoms with E-state index in [2.05, 4.69) is 15.6 Å². The van der Waals surface area contributed by atoms with Crippen LogP contribution in [0.3, 0.4) is 0 Å². The van der Waals surface area contributed by atoms with E-state index < -0.39 is 11.9 Å². The number of fused-ring (bicyclic) bond motifs is 1. The van der Waals surface area contributed by atoms with Gasteiger partial charge in [-0.3, -0.25) is 14.5 Å². The van der Waals surface area contributed by atoms with Gasteiger partial charge < -0.3 is 10.2 Å². The fourth-order valence-corrected chi connectivity index (χ4v) is 5.79. The quantitative estimate of drug-likeness (QED) is 0.402. The molecular weight excluding hydrogens is 563 g/mol. The van der Waals surface area contributed by atoms with Crippen LogP contribution in [0, 0.1) is 5.92 Å². The second-order valence-electron chi connectivity index (χ2n) is 9.84. The Hall–Kier alpha value is -3.14. The monoisotopic (exact) mass is 588 g/mol. The maximum atomic E-state index is 13.6. The molecule has 0 radical (unpaired) electrons. The van der Waals surface area contributed by atoms with Crippen molar-refractivity contribution < 1.29 is 14.4 Å². The van der Waals surface area contributed by atoms with Gasteiger partial charge in [0.05, 0.1) is 25.2 Å². The molecule has 1 saturated carbocycles. The van der Waals surface area contributed by atoms with Gasteiger partial charge in [0.2, 0.25) is 11.8 Å². The molecule has 2 fully saturated rings. The molecule has 1 aliphatic heterocycles. The lowest BCUT2D eigenvalue weighted by Crippen LogP contribution is -2.63. The lowest BCUT2D eigenvalue weighted by atomic mass is 9.81. The van der Waals surface area contributed by atoms with Crippen LogP contribution in [0.15, 0.2) is 48.7 Å². The Bertz CT molecular complexity index is 1380. The molecule has 2 aliphatic rings. The van der Waals surface area contributed by atoms with Crippen LogP contribution in [-0.2, 0) is 29.2 Å². The van der Waals surface area contributed by atoms with E-state index in [1.807, 2.05) is 24.3 Å². The van der Waals surface area contributed by atoms with Crippen molar-refractivity contribution >= 4 is 52.6 Å². The predicted octanol–water partition coefficient (Wildman–Crippen LogP) is 4.93. The molecule has 12 heteroatoms. The van der Waals surface area contributed by atoms with Gasteiger partial charge in [-0.15, -0.1) is 5.10 Å². The normalized spacial score (nSPS) is 19.3. The van der Waals surface area contributed by atoms with Gasteiger partial charge in [-0.2, -0.15) is 0 Å². The summed E-state index contributed by atoms with van der Waals surface area (Å²) in [6.07, 6.45) is 5.04. The first kappa shape index (κ1) is 27.4. The highest BCUT2D eigenvalue weighted by atomic mass is 35.5. The van der Waals surface area contributed by atoms with Crippen LogP contribution in [0.2, 0.25) is 15.1 Å². The van der Waals surface area contributed by atoms with Gasteiger partial charge in [-0.25, -0.2) is 9.48 Å². The second-order valence-corrected chi connectivity index (χ2v) is 11.1. The minimum atomic E-state index is -0.491. The molecule has 9 nitrogen and oxygen atoms in total. The van der Waals surface area contributed by atoms with E-state index in [1.165, 1.54) is 0 Å². The summed E-state index contributed by atoms with van der Waals surface area (Å²) in [5, 5.41) is 12.8. The van der Waals surface area contributed by atoms with Gasteiger partial charge in [-0.1, -0.05) is 71.1 Å². The third-order valence-corrected chi connectivity index (χ3v) is 8.00. The van der Waals surface area contributed by atoms with Gasteiger partial charge >= 0.3 is 6.03 Å². The first-order valence-corrected chi connectivity index (χ1v) is 13.9. The number of aromatic nitrogens is 3. The van der Waals surface area contributed by atoms with Crippen LogP contribution in [0.25, 0.3) is 0 Å². The summed E-state index contributed by atoms with van der Waals surface area (Å²) in [5.41, 5.74) is 2.30. The lowest BCUT2D eigenvalue weighted by molar-refractivity contribution is -0.143. The number of benzene rings is 2. The second kappa shape index (κ2) is 11.9. The third-order valence-electron chi connectivity index (χ3n) is 7.16. The molecule has 1 aliphatic carbocycles. The minimum absolute atomic E-state index is 0.150. The summed E-state index contributed by atoms with van der Waals surface area (Å²) in [5.74, 6) is -1.10. The Morgan fingerprint density at radius 2 is 1.72 bits per heavy atom. The first-order chi connectivity index (χ1) is 18.8. The number of amides is 4. The summed E-state index contributed by atoms with van der Waals surface area (Å²) >= 11 is 18.1. The van der Waals surface area contributed by atoms with E-state index in [9.17, 15) is 14.4 Å². The van der Waals surface area contributed by atoms with Gasteiger partial charge in [0.1, 0.15) is 12.2 Å². The summed E-state index contributed by atoms with van der Waals surface area (Å²) in [4.78, 5) is 42.4. The number of carbonyl (C=O) groups is 3. The first-order valence-electron chi connectivity index (χ1n) is 12.7. The van der Waals surface area contributed by atoms with Crippen LogP contribution < -0.4 is 5.32 Å². The summed E-state index contributed by atoms with van der Waals surface area (Å²) in [6, 6.07) is 11.7. The zero-order valence-electron chi connectivity index (χ0n) is 21.0. The maximum Gasteiger partial charge on any atom is 0.327 e. The average molecular weight is 590 g/mol. The molecule has 4 amide bonds. The van der Waals surface area contributed by atoms with Crippen molar-refractivity contribution in [3.8, 4) is 0 Å². The fraction of sp³-hybridized carbons (Fsp3) is 0.370. The molecule has 204 valence electrons. The SMILES string of the molecule is O=C(CN1C(=O)C2CCCCC2N(Cc2cn(Cc3ccc(Cl)cc3)nn2)C1=O)NCc1ccc(Cl)cc1Cl. The number of rotatable bonds is 8. The highest BCUT2D eigenvalue weighted by Crippen LogP contribution is 2.35. The number of carbonyl (C=O) groups excluding carboxylic acids is 3. The van der Waals surface area contributed by atoms with E-state index in [-0.39, 0.29) is 37.5 Å². The number of urea groups is 1. The predicted molar refractivity (Wildman–Crippen MR) is 147 cm³/mol. The molecule has 2 heterocycles. The van der Waals surface area contributed by atoms with Gasteiger partial charge in [0.25, 0.3) is 0 Å². The van der Waals surface area contributed by atoms with E-state index in [0.717, 1.165) is 29.7 Å². The van der Waals surface area contributed by atoms with Gasteiger partial charge in [0.15, 0.2) is 0 Å². The molecular formula is C27H27Cl3N6O3. The molecule has 39 heavy (non-hydrogen) atoms. The smallest absolute Gasteiger partial charge is 0.327 e. The number of hydrogen-bond donors (Lipinski definition) is 1. The molecule has 2 aromatic carbocycles. The van der Waals surface area contributed by atoms with Crippen LogP contribution in [0.1, 0.15) is 42.5 Å². The standard InChI is InChI=1S/C27H27Cl3N6O3/c28-19-8-5-17(6-9-19)13-34-14-21(32-33-34)15-35-24-4-2-1-3-22(24)26(38)36(27(35)39)16-25(37)31-12-18-7-10-20(29)11-23(18)30/h5-11,14,22,24H,1-4,12-13,15-16H2,(H,31,37). The molecule has 1 aromatic heterocycles. The number of nitrogens with zero attached hydrogens (tertiary/aromatic N) is 5.